The van der Waals surface area contributed by atoms with Crippen LogP contribution in [0.3, 0.4) is 0 Å². The maximum absolute atomic E-state index is 11.8. The summed E-state index contributed by atoms with van der Waals surface area (Å²) in [5.74, 6) is 1.88. The number of urea groups is 1. The maximum Gasteiger partial charge on any atom is 0.319 e. The van der Waals surface area contributed by atoms with Crippen molar-refractivity contribution in [2.24, 2.45) is 0 Å². The zero-order valence-corrected chi connectivity index (χ0v) is 13.8. The number of halogens is 1. The molecule has 0 atom stereocenters. The average molecular weight is 335 g/mol. The predicted molar refractivity (Wildman–Crippen MR) is 91.8 cm³/mol. The minimum Gasteiger partial charge on any atom is -0.497 e. The van der Waals surface area contributed by atoms with Crippen molar-refractivity contribution in [1.29, 1.82) is 0 Å². The minimum absolute atomic E-state index is 0.298. The fourth-order valence-electron chi connectivity index (χ4n) is 1.86. The van der Waals surface area contributed by atoms with Crippen LogP contribution in [0, 0.1) is 0 Å². The lowest BCUT2D eigenvalue weighted by atomic mass is 10.3. The van der Waals surface area contributed by atoms with Gasteiger partial charge in [0.2, 0.25) is 0 Å². The first-order chi connectivity index (χ1) is 11.1. The lowest BCUT2D eigenvalue weighted by molar-refractivity contribution is 0.252. The van der Waals surface area contributed by atoms with Crippen LogP contribution < -0.4 is 20.1 Å². The molecule has 2 N–H and O–H groups in total. The third-order valence-corrected chi connectivity index (χ3v) is 3.25. The van der Waals surface area contributed by atoms with E-state index in [1.54, 1.807) is 49.6 Å². The Hall–Kier alpha value is -2.40. The van der Waals surface area contributed by atoms with E-state index in [4.69, 9.17) is 21.1 Å². The molecule has 0 fully saturated rings. The van der Waals surface area contributed by atoms with Gasteiger partial charge in [-0.3, -0.25) is 0 Å². The van der Waals surface area contributed by atoms with E-state index in [1.807, 2.05) is 6.92 Å². The van der Waals surface area contributed by atoms with Crippen molar-refractivity contribution in [1.82, 2.24) is 5.32 Å². The number of methoxy groups -OCH3 is 1. The molecule has 0 aliphatic rings. The van der Waals surface area contributed by atoms with Crippen LogP contribution in [0.1, 0.15) is 13.3 Å². The van der Waals surface area contributed by atoms with Crippen LogP contribution in [0.4, 0.5) is 10.5 Å². The molecule has 0 spiro atoms. The highest BCUT2D eigenvalue weighted by atomic mass is 35.5. The van der Waals surface area contributed by atoms with Crippen LogP contribution in [0.15, 0.2) is 42.5 Å². The van der Waals surface area contributed by atoms with Crippen LogP contribution in [0.2, 0.25) is 5.02 Å². The van der Waals surface area contributed by atoms with Gasteiger partial charge in [0.25, 0.3) is 0 Å². The Morgan fingerprint density at radius 1 is 1.13 bits per heavy atom. The quantitative estimate of drug-likeness (QED) is 0.806. The molecule has 5 nitrogen and oxygen atoms in total. The first-order valence-corrected chi connectivity index (χ1v) is 7.66. The van der Waals surface area contributed by atoms with Gasteiger partial charge in [-0.1, -0.05) is 18.5 Å². The molecule has 0 saturated heterocycles. The van der Waals surface area contributed by atoms with E-state index in [0.717, 1.165) is 12.2 Å². The van der Waals surface area contributed by atoms with Gasteiger partial charge in [0.15, 0.2) is 5.75 Å². The predicted octanol–water partition coefficient (Wildman–Crippen LogP) is 4.67. The Morgan fingerprint density at radius 3 is 2.48 bits per heavy atom. The summed E-state index contributed by atoms with van der Waals surface area (Å²) >= 11 is 6.00. The standard InChI is InChI=1S/C17H19ClN2O3/c1-3-10-19-17(21)20-15-11-12(18)4-9-16(15)23-14-7-5-13(22-2)6-8-14/h4-9,11H,3,10H2,1-2H3,(H2,19,20,21). The molecule has 0 saturated carbocycles. The number of benzene rings is 2. The summed E-state index contributed by atoms with van der Waals surface area (Å²) in [4.78, 5) is 11.8. The SMILES string of the molecule is CCCNC(=O)Nc1cc(Cl)ccc1Oc1ccc(OC)cc1. The Labute approximate surface area is 140 Å². The van der Waals surface area contributed by atoms with Crippen molar-refractivity contribution in [3.05, 3.63) is 47.5 Å². The summed E-state index contributed by atoms with van der Waals surface area (Å²) in [6.45, 7) is 2.58. The molecule has 122 valence electrons. The minimum atomic E-state index is -0.298. The van der Waals surface area contributed by atoms with Crippen LogP contribution in [0.5, 0.6) is 17.2 Å². The fourth-order valence-corrected chi connectivity index (χ4v) is 2.04. The third-order valence-electron chi connectivity index (χ3n) is 3.01. The van der Waals surface area contributed by atoms with Gasteiger partial charge in [0, 0.05) is 11.6 Å². The van der Waals surface area contributed by atoms with Gasteiger partial charge in [0.05, 0.1) is 12.8 Å². The van der Waals surface area contributed by atoms with Crippen molar-refractivity contribution in [3.8, 4) is 17.2 Å². The first-order valence-electron chi connectivity index (χ1n) is 7.28. The van der Waals surface area contributed by atoms with Crippen molar-refractivity contribution in [2.75, 3.05) is 19.0 Å². The molecule has 0 aromatic heterocycles. The van der Waals surface area contributed by atoms with E-state index in [2.05, 4.69) is 10.6 Å². The summed E-state index contributed by atoms with van der Waals surface area (Å²) in [6.07, 6.45) is 0.859. The molecular weight excluding hydrogens is 316 g/mol. The topological polar surface area (TPSA) is 59.6 Å². The van der Waals surface area contributed by atoms with Crippen molar-refractivity contribution >= 4 is 23.3 Å². The van der Waals surface area contributed by atoms with Gasteiger partial charge < -0.3 is 20.1 Å². The Kier molecular flexibility index (Phi) is 6.11. The highest BCUT2D eigenvalue weighted by molar-refractivity contribution is 6.31. The summed E-state index contributed by atoms with van der Waals surface area (Å²) < 4.78 is 10.9. The second kappa shape index (κ2) is 8.29. The number of nitrogens with one attached hydrogen (secondary N) is 2. The average Bonchev–Trinajstić information content (AvgIpc) is 2.56. The molecule has 0 heterocycles. The molecule has 23 heavy (non-hydrogen) atoms. The third kappa shape index (κ3) is 5.07. The van der Waals surface area contributed by atoms with Gasteiger partial charge in [-0.2, -0.15) is 0 Å². The van der Waals surface area contributed by atoms with Gasteiger partial charge in [-0.15, -0.1) is 0 Å². The molecule has 0 aliphatic carbocycles. The van der Waals surface area contributed by atoms with Crippen LogP contribution in [-0.4, -0.2) is 19.7 Å². The van der Waals surface area contributed by atoms with Crippen LogP contribution in [-0.2, 0) is 0 Å². The highest BCUT2D eigenvalue weighted by Crippen LogP contribution is 2.32. The van der Waals surface area contributed by atoms with E-state index < -0.39 is 0 Å². The lowest BCUT2D eigenvalue weighted by Crippen LogP contribution is -2.29. The number of carbonyl (C=O) groups is 1. The van der Waals surface area contributed by atoms with Crippen molar-refractivity contribution < 1.29 is 14.3 Å². The van der Waals surface area contributed by atoms with Crippen LogP contribution in [0.25, 0.3) is 0 Å². The second-order valence-corrected chi connectivity index (χ2v) is 5.24. The molecule has 2 aromatic carbocycles. The van der Waals surface area contributed by atoms with E-state index in [-0.39, 0.29) is 6.03 Å². The molecule has 0 aliphatic heterocycles. The molecule has 2 rings (SSSR count). The van der Waals surface area contributed by atoms with Crippen molar-refractivity contribution in [3.63, 3.8) is 0 Å². The summed E-state index contributed by atoms with van der Waals surface area (Å²) in [6, 6.07) is 11.9. The Balaban J connectivity index is 2.15. The molecule has 0 unspecified atom stereocenters. The second-order valence-electron chi connectivity index (χ2n) is 4.80. The van der Waals surface area contributed by atoms with Gasteiger partial charge in [0.1, 0.15) is 11.5 Å². The smallest absolute Gasteiger partial charge is 0.319 e. The fraction of sp³-hybridized carbons (Fsp3) is 0.235. The Morgan fingerprint density at radius 2 is 1.83 bits per heavy atom. The number of rotatable bonds is 6. The molecule has 0 bridgehead atoms. The molecule has 2 aromatic rings. The largest absolute Gasteiger partial charge is 0.497 e. The van der Waals surface area contributed by atoms with E-state index in [0.29, 0.717) is 28.8 Å². The number of amides is 2. The number of hydrogen-bond donors (Lipinski definition) is 2. The van der Waals surface area contributed by atoms with Gasteiger partial charge in [-0.05, 0) is 48.9 Å². The summed E-state index contributed by atoms with van der Waals surface area (Å²) in [5.41, 5.74) is 0.502. The van der Waals surface area contributed by atoms with Gasteiger partial charge >= 0.3 is 6.03 Å². The number of anilines is 1. The molecule has 6 heteroatoms. The number of ether oxygens (including phenoxy) is 2. The van der Waals surface area contributed by atoms with E-state index >= 15 is 0 Å². The van der Waals surface area contributed by atoms with Crippen molar-refractivity contribution in [2.45, 2.75) is 13.3 Å². The lowest BCUT2D eigenvalue weighted by Gasteiger charge is -2.13. The molecule has 0 radical (unpaired) electrons. The van der Waals surface area contributed by atoms with Gasteiger partial charge in [-0.25, -0.2) is 4.79 Å². The zero-order valence-electron chi connectivity index (χ0n) is 13.1. The summed E-state index contributed by atoms with van der Waals surface area (Å²) in [7, 11) is 1.60. The Bertz CT molecular complexity index is 659. The normalized spacial score (nSPS) is 10.0. The molecule has 2 amide bonds. The van der Waals surface area contributed by atoms with E-state index in [1.165, 1.54) is 0 Å². The first kappa shape index (κ1) is 17.0. The maximum atomic E-state index is 11.8. The monoisotopic (exact) mass is 334 g/mol. The number of hydrogen-bond acceptors (Lipinski definition) is 3. The van der Waals surface area contributed by atoms with E-state index in [9.17, 15) is 4.79 Å². The highest BCUT2D eigenvalue weighted by Gasteiger charge is 2.09. The number of carbonyl (C=O) groups excluding carboxylic acids is 1. The van der Waals surface area contributed by atoms with Crippen LogP contribution >= 0.6 is 11.6 Å². The summed E-state index contributed by atoms with van der Waals surface area (Å²) in [5, 5.41) is 6.00. The zero-order chi connectivity index (χ0) is 16.7. The molecular formula is C17H19ClN2O3.